The van der Waals surface area contributed by atoms with Gasteiger partial charge in [0.15, 0.2) is 0 Å². The lowest BCUT2D eigenvalue weighted by molar-refractivity contribution is 0.0765. The van der Waals surface area contributed by atoms with Gasteiger partial charge in [-0.15, -0.1) is 11.3 Å². The fourth-order valence-corrected chi connectivity index (χ4v) is 4.27. The molecule has 2 aromatic rings. The summed E-state index contributed by atoms with van der Waals surface area (Å²) >= 11 is 1.40. The molecule has 3 rings (SSSR count). The van der Waals surface area contributed by atoms with E-state index < -0.39 is 0 Å². The summed E-state index contributed by atoms with van der Waals surface area (Å²) in [5.41, 5.74) is 1.60. The van der Waals surface area contributed by atoms with Crippen LogP contribution in [0.15, 0.2) is 24.3 Å². The number of hydrogen-bond acceptors (Lipinski definition) is 4. The van der Waals surface area contributed by atoms with Crippen LogP contribution in [-0.2, 0) is 0 Å². The second kappa shape index (κ2) is 8.73. The van der Waals surface area contributed by atoms with Crippen molar-refractivity contribution in [3.63, 3.8) is 0 Å². The molecule has 1 aromatic heterocycles. The first-order valence-corrected chi connectivity index (χ1v) is 10.1. The average molecular weight is 376 g/mol. The third-order valence-corrected chi connectivity index (χ3v) is 5.98. The van der Waals surface area contributed by atoms with E-state index >= 15 is 0 Å². The summed E-state index contributed by atoms with van der Waals surface area (Å²) in [6.07, 6.45) is 3.42. The van der Waals surface area contributed by atoms with E-state index in [-0.39, 0.29) is 11.7 Å². The Morgan fingerprint density at radius 2 is 1.96 bits per heavy atom. The largest absolute Gasteiger partial charge is 0.337 e. The van der Waals surface area contributed by atoms with Gasteiger partial charge in [-0.05, 0) is 57.1 Å². The van der Waals surface area contributed by atoms with Crippen LogP contribution in [0.25, 0.3) is 10.6 Å². The summed E-state index contributed by atoms with van der Waals surface area (Å²) in [7, 11) is 0. The van der Waals surface area contributed by atoms with Gasteiger partial charge in [0.05, 0.1) is 5.69 Å². The lowest BCUT2D eigenvalue weighted by atomic mass is 10.2. The molecule has 1 amide bonds. The second-order valence-electron chi connectivity index (χ2n) is 6.78. The fourth-order valence-electron chi connectivity index (χ4n) is 3.23. The third kappa shape index (κ3) is 4.48. The standard InChI is InChI=1S/C20H26FN3OS/c1-3-4-10-23-11-5-12-24(14-13-23)20(25)18-15(2)22-19(26-18)16-6-8-17(21)9-7-16/h6-9H,3-5,10-14H2,1-2H3. The zero-order valence-electron chi connectivity index (χ0n) is 15.5. The molecule has 1 saturated heterocycles. The minimum atomic E-state index is -0.268. The molecule has 140 valence electrons. The number of carbonyl (C=O) groups excluding carboxylic acids is 1. The Labute approximate surface area is 158 Å². The molecule has 0 saturated carbocycles. The predicted molar refractivity (Wildman–Crippen MR) is 104 cm³/mol. The van der Waals surface area contributed by atoms with Crippen LogP contribution in [-0.4, -0.2) is 53.4 Å². The Kier molecular flexibility index (Phi) is 6.38. The molecule has 1 fully saturated rings. The van der Waals surface area contributed by atoms with Gasteiger partial charge < -0.3 is 9.80 Å². The molecule has 0 bridgehead atoms. The van der Waals surface area contributed by atoms with Crippen molar-refractivity contribution >= 4 is 17.2 Å². The van der Waals surface area contributed by atoms with E-state index in [0.717, 1.165) is 55.4 Å². The zero-order chi connectivity index (χ0) is 18.5. The van der Waals surface area contributed by atoms with Gasteiger partial charge in [-0.25, -0.2) is 9.37 Å². The van der Waals surface area contributed by atoms with E-state index in [2.05, 4.69) is 16.8 Å². The first-order valence-electron chi connectivity index (χ1n) is 9.33. The van der Waals surface area contributed by atoms with Crippen molar-refractivity contribution in [2.75, 3.05) is 32.7 Å². The highest BCUT2D eigenvalue weighted by atomic mass is 32.1. The maximum atomic E-state index is 13.1. The van der Waals surface area contributed by atoms with E-state index in [0.29, 0.717) is 4.88 Å². The number of nitrogens with zero attached hydrogens (tertiary/aromatic N) is 3. The van der Waals surface area contributed by atoms with Gasteiger partial charge >= 0.3 is 0 Å². The molecule has 0 spiro atoms. The van der Waals surface area contributed by atoms with Crippen molar-refractivity contribution in [3.05, 3.63) is 40.7 Å². The van der Waals surface area contributed by atoms with Gasteiger partial charge in [0.1, 0.15) is 15.7 Å². The van der Waals surface area contributed by atoms with Gasteiger partial charge in [0.25, 0.3) is 5.91 Å². The van der Waals surface area contributed by atoms with Crippen LogP contribution in [0.5, 0.6) is 0 Å². The first kappa shape index (κ1) is 19.0. The van der Waals surface area contributed by atoms with Gasteiger partial charge in [0.2, 0.25) is 0 Å². The summed E-state index contributed by atoms with van der Waals surface area (Å²) in [6, 6.07) is 6.26. The van der Waals surface area contributed by atoms with Gasteiger partial charge in [0, 0.05) is 25.2 Å². The normalized spacial score (nSPS) is 15.9. The van der Waals surface area contributed by atoms with E-state index in [1.54, 1.807) is 12.1 Å². The molecule has 0 aliphatic carbocycles. The first-order chi connectivity index (χ1) is 12.6. The van der Waals surface area contributed by atoms with Crippen LogP contribution in [0.4, 0.5) is 4.39 Å². The van der Waals surface area contributed by atoms with Crippen molar-refractivity contribution in [1.82, 2.24) is 14.8 Å². The summed E-state index contributed by atoms with van der Waals surface area (Å²) in [5.74, 6) is -0.193. The maximum absolute atomic E-state index is 13.1. The fraction of sp³-hybridized carbons (Fsp3) is 0.500. The zero-order valence-corrected chi connectivity index (χ0v) is 16.3. The minimum Gasteiger partial charge on any atom is -0.337 e. The summed E-state index contributed by atoms with van der Waals surface area (Å²) in [6.45, 7) is 8.77. The number of benzene rings is 1. The van der Waals surface area contributed by atoms with E-state index in [9.17, 15) is 9.18 Å². The van der Waals surface area contributed by atoms with Crippen LogP contribution in [0, 0.1) is 12.7 Å². The molecule has 26 heavy (non-hydrogen) atoms. The number of amides is 1. The molecule has 6 heteroatoms. The molecule has 0 unspecified atom stereocenters. The molecular weight excluding hydrogens is 349 g/mol. The topological polar surface area (TPSA) is 36.4 Å². The van der Waals surface area contributed by atoms with Crippen LogP contribution >= 0.6 is 11.3 Å². The van der Waals surface area contributed by atoms with Gasteiger partial charge in [-0.1, -0.05) is 13.3 Å². The number of aryl methyl sites for hydroxylation is 1. The summed E-state index contributed by atoms with van der Waals surface area (Å²) < 4.78 is 13.1. The molecule has 0 atom stereocenters. The predicted octanol–water partition coefficient (Wildman–Crippen LogP) is 4.21. The average Bonchev–Trinajstić information content (AvgIpc) is 2.88. The number of aromatic nitrogens is 1. The Balaban J connectivity index is 1.70. The number of unbranched alkanes of at least 4 members (excludes halogenated alkanes) is 1. The maximum Gasteiger partial charge on any atom is 0.265 e. The second-order valence-corrected chi connectivity index (χ2v) is 7.78. The van der Waals surface area contributed by atoms with Crippen molar-refractivity contribution in [2.45, 2.75) is 33.1 Å². The third-order valence-electron chi connectivity index (χ3n) is 4.79. The number of halogens is 1. The quantitative estimate of drug-likeness (QED) is 0.786. The number of hydrogen-bond donors (Lipinski definition) is 0. The molecule has 2 heterocycles. The molecule has 0 radical (unpaired) electrons. The Bertz CT molecular complexity index is 744. The van der Waals surface area contributed by atoms with Crippen molar-refractivity contribution in [1.29, 1.82) is 0 Å². The Morgan fingerprint density at radius 1 is 1.19 bits per heavy atom. The monoisotopic (exact) mass is 375 g/mol. The smallest absolute Gasteiger partial charge is 0.265 e. The Hall–Kier alpha value is -1.79. The van der Waals surface area contributed by atoms with Crippen molar-refractivity contribution < 1.29 is 9.18 Å². The van der Waals surface area contributed by atoms with E-state index in [1.807, 2.05) is 11.8 Å². The lowest BCUT2D eigenvalue weighted by Gasteiger charge is -2.21. The van der Waals surface area contributed by atoms with E-state index in [1.165, 1.54) is 36.3 Å². The summed E-state index contributed by atoms with van der Waals surface area (Å²) in [4.78, 5) is 22.7. The van der Waals surface area contributed by atoms with Crippen molar-refractivity contribution in [2.24, 2.45) is 0 Å². The van der Waals surface area contributed by atoms with Crippen LogP contribution in [0.2, 0.25) is 0 Å². The van der Waals surface area contributed by atoms with Crippen LogP contribution < -0.4 is 0 Å². The number of carbonyl (C=O) groups is 1. The molecular formula is C20H26FN3OS. The lowest BCUT2D eigenvalue weighted by Crippen LogP contribution is -2.35. The van der Waals surface area contributed by atoms with Gasteiger partial charge in [-0.2, -0.15) is 0 Å². The van der Waals surface area contributed by atoms with E-state index in [4.69, 9.17) is 0 Å². The van der Waals surface area contributed by atoms with Crippen LogP contribution in [0.3, 0.4) is 0 Å². The minimum absolute atomic E-state index is 0.0747. The molecule has 1 aromatic carbocycles. The summed E-state index contributed by atoms with van der Waals surface area (Å²) in [5, 5.41) is 0.769. The van der Waals surface area contributed by atoms with Gasteiger partial charge in [-0.3, -0.25) is 4.79 Å². The molecule has 4 nitrogen and oxygen atoms in total. The number of thiazole rings is 1. The van der Waals surface area contributed by atoms with Crippen LogP contribution in [0.1, 0.15) is 41.6 Å². The SMILES string of the molecule is CCCCN1CCCN(C(=O)c2sc(-c3ccc(F)cc3)nc2C)CC1. The highest BCUT2D eigenvalue weighted by molar-refractivity contribution is 7.17. The van der Waals surface area contributed by atoms with Crippen molar-refractivity contribution in [3.8, 4) is 10.6 Å². The molecule has 1 aliphatic heterocycles. The molecule has 1 aliphatic rings. The number of rotatable bonds is 5. The Morgan fingerprint density at radius 3 is 2.69 bits per heavy atom. The highest BCUT2D eigenvalue weighted by Crippen LogP contribution is 2.29. The molecule has 0 N–H and O–H groups in total. The highest BCUT2D eigenvalue weighted by Gasteiger charge is 2.24.